The molecule has 0 fully saturated rings. The fourth-order valence-corrected chi connectivity index (χ4v) is 0.609. The molecular weight excluding hydrogens is 126 g/mol. The van der Waals surface area contributed by atoms with Crippen LogP contribution in [0.4, 0.5) is 0 Å². The topological polar surface area (TPSA) is 78.1 Å². The standard InChI is InChI=1S/C7H17N3/c1-2-3-4-5-6-7(8,9)10/h5-6H,2-4,8-10H2,1H3. The predicted octanol–water partition coefficient (Wildman–Crippen LogP) is 0.263. The summed E-state index contributed by atoms with van der Waals surface area (Å²) in [6.45, 7) is 2.13. The first-order chi connectivity index (χ1) is 4.56. The van der Waals surface area contributed by atoms with E-state index in [4.69, 9.17) is 17.2 Å². The first kappa shape index (κ1) is 9.62. The lowest BCUT2D eigenvalue weighted by molar-refractivity contribution is 0.579. The Kier molecular flexibility index (Phi) is 4.27. The monoisotopic (exact) mass is 143 g/mol. The third-order valence-electron chi connectivity index (χ3n) is 1.13. The molecule has 0 amide bonds. The molecule has 3 heteroatoms. The van der Waals surface area contributed by atoms with Crippen molar-refractivity contribution in [2.45, 2.75) is 32.0 Å². The Morgan fingerprint density at radius 3 is 2.30 bits per heavy atom. The highest BCUT2D eigenvalue weighted by atomic mass is 15.1. The zero-order chi connectivity index (χ0) is 8.04. The maximum Gasteiger partial charge on any atom is 0.135 e. The second-order valence-corrected chi connectivity index (χ2v) is 2.54. The first-order valence-electron chi connectivity index (χ1n) is 3.60. The average Bonchev–Trinajstić information content (AvgIpc) is 1.78. The molecule has 0 aromatic carbocycles. The molecule has 0 rings (SSSR count). The van der Waals surface area contributed by atoms with Crippen molar-refractivity contribution in [1.82, 2.24) is 0 Å². The van der Waals surface area contributed by atoms with Crippen molar-refractivity contribution in [3.05, 3.63) is 12.2 Å². The number of hydrogen-bond donors (Lipinski definition) is 3. The molecule has 0 radical (unpaired) electrons. The largest absolute Gasteiger partial charge is 0.298 e. The van der Waals surface area contributed by atoms with Crippen molar-refractivity contribution >= 4 is 0 Å². The van der Waals surface area contributed by atoms with Crippen molar-refractivity contribution in [3.63, 3.8) is 0 Å². The van der Waals surface area contributed by atoms with Crippen LogP contribution < -0.4 is 17.2 Å². The lowest BCUT2D eigenvalue weighted by Gasteiger charge is -2.11. The van der Waals surface area contributed by atoms with E-state index >= 15 is 0 Å². The highest BCUT2D eigenvalue weighted by molar-refractivity contribution is 4.96. The quantitative estimate of drug-likeness (QED) is 0.300. The van der Waals surface area contributed by atoms with Crippen molar-refractivity contribution in [1.29, 1.82) is 0 Å². The maximum absolute atomic E-state index is 5.29. The minimum Gasteiger partial charge on any atom is -0.298 e. The van der Waals surface area contributed by atoms with E-state index in [0.717, 1.165) is 12.8 Å². The summed E-state index contributed by atoms with van der Waals surface area (Å²) >= 11 is 0. The summed E-state index contributed by atoms with van der Waals surface area (Å²) in [4.78, 5) is 0. The minimum absolute atomic E-state index is 1.00. The lowest BCUT2D eigenvalue weighted by Crippen LogP contribution is -2.56. The van der Waals surface area contributed by atoms with Gasteiger partial charge >= 0.3 is 0 Å². The second kappa shape index (κ2) is 4.44. The van der Waals surface area contributed by atoms with Crippen LogP contribution in [0.5, 0.6) is 0 Å². The van der Waals surface area contributed by atoms with Gasteiger partial charge in [-0.1, -0.05) is 25.8 Å². The van der Waals surface area contributed by atoms with Crippen molar-refractivity contribution in [3.8, 4) is 0 Å². The third kappa shape index (κ3) is 7.62. The molecule has 0 saturated heterocycles. The third-order valence-corrected chi connectivity index (χ3v) is 1.13. The molecule has 0 unspecified atom stereocenters. The molecular formula is C7H17N3. The zero-order valence-corrected chi connectivity index (χ0v) is 6.51. The smallest absolute Gasteiger partial charge is 0.135 e. The molecule has 0 bridgehead atoms. The molecule has 60 valence electrons. The molecule has 0 saturated carbocycles. The molecule has 0 aromatic rings. The molecule has 10 heavy (non-hydrogen) atoms. The van der Waals surface area contributed by atoms with E-state index in [0.29, 0.717) is 0 Å². The molecule has 3 nitrogen and oxygen atoms in total. The van der Waals surface area contributed by atoms with Crippen LogP contribution in [0.15, 0.2) is 12.2 Å². The Balaban J connectivity index is 3.37. The highest BCUT2D eigenvalue weighted by Crippen LogP contribution is 1.95. The van der Waals surface area contributed by atoms with Gasteiger partial charge in [0.25, 0.3) is 0 Å². The van der Waals surface area contributed by atoms with E-state index < -0.39 is 5.79 Å². The Morgan fingerprint density at radius 2 is 1.90 bits per heavy atom. The van der Waals surface area contributed by atoms with Crippen LogP contribution in [0, 0.1) is 0 Å². The van der Waals surface area contributed by atoms with Gasteiger partial charge in [-0.25, -0.2) is 0 Å². The summed E-state index contributed by atoms with van der Waals surface area (Å²) in [7, 11) is 0. The van der Waals surface area contributed by atoms with Crippen molar-refractivity contribution in [2.75, 3.05) is 0 Å². The Morgan fingerprint density at radius 1 is 1.30 bits per heavy atom. The maximum atomic E-state index is 5.29. The summed E-state index contributed by atoms with van der Waals surface area (Å²) in [5, 5.41) is 0. The van der Waals surface area contributed by atoms with Gasteiger partial charge < -0.3 is 0 Å². The van der Waals surface area contributed by atoms with Gasteiger partial charge in [-0.2, -0.15) is 0 Å². The van der Waals surface area contributed by atoms with Crippen molar-refractivity contribution < 1.29 is 0 Å². The van der Waals surface area contributed by atoms with Crippen LogP contribution in [0.25, 0.3) is 0 Å². The van der Waals surface area contributed by atoms with E-state index in [9.17, 15) is 0 Å². The van der Waals surface area contributed by atoms with E-state index in [1.165, 1.54) is 6.42 Å². The van der Waals surface area contributed by atoms with Crippen LogP contribution in [-0.4, -0.2) is 5.79 Å². The average molecular weight is 143 g/mol. The number of allylic oxidation sites excluding steroid dienone is 1. The number of nitrogens with two attached hydrogens (primary N) is 3. The van der Waals surface area contributed by atoms with Gasteiger partial charge in [0.1, 0.15) is 5.79 Å². The molecule has 0 spiro atoms. The van der Waals surface area contributed by atoms with Crippen LogP contribution in [-0.2, 0) is 0 Å². The molecule has 0 aliphatic heterocycles. The summed E-state index contributed by atoms with van der Waals surface area (Å²) in [6, 6.07) is 0. The van der Waals surface area contributed by atoms with Gasteiger partial charge in [0.2, 0.25) is 0 Å². The predicted molar refractivity (Wildman–Crippen MR) is 44.0 cm³/mol. The molecule has 0 heterocycles. The van der Waals surface area contributed by atoms with Crippen molar-refractivity contribution in [2.24, 2.45) is 17.2 Å². The molecule has 0 aliphatic rings. The van der Waals surface area contributed by atoms with E-state index in [2.05, 4.69) is 6.92 Å². The van der Waals surface area contributed by atoms with Crippen LogP contribution >= 0.6 is 0 Å². The first-order valence-corrected chi connectivity index (χ1v) is 3.60. The fourth-order valence-electron chi connectivity index (χ4n) is 0.609. The number of rotatable bonds is 4. The van der Waals surface area contributed by atoms with Gasteiger partial charge in [-0.05, 0) is 12.5 Å². The minimum atomic E-state index is -1.13. The molecule has 0 aromatic heterocycles. The Hall–Kier alpha value is -0.380. The number of hydrogen-bond acceptors (Lipinski definition) is 3. The Labute approximate surface area is 62.3 Å². The summed E-state index contributed by atoms with van der Waals surface area (Å²) < 4.78 is 0. The van der Waals surface area contributed by atoms with Gasteiger partial charge in [0.15, 0.2) is 0 Å². The van der Waals surface area contributed by atoms with E-state index in [1.54, 1.807) is 6.08 Å². The lowest BCUT2D eigenvalue weighted by atomic mass is 10.2. The Bertz CT molecular complexity index is 102. The number of unbranched alkanes of at least 4 members (excludes halogenated alkanes) is 2. The van der Waals surface area contributed by atoms with E-state index in [-0.39, 0.29) is 0 Å². The van der Waals surface area contributed by atoms with Gasteiger partial charge in [0, 0.05) is 0 Å². The normalized spacial score (nSPS) is 12.8. The van der Waals surface area contributed by atoms with Crippen LogP contribution in [0.3, 0.4) is 0 Å². The SMILES string of the molecule is CCCCC=CC(N)(N)N. The highest BCUT2D eigenvalue weighted by Gasteiger charge is 2.02. The molecule has 0 aliphatic carbocycles. The summed E-state index contributed by atoms with van der Waals surface area (Å²) in [6.07, 6.45) is 6.89. The van der Waals surface area contributed by atoms with E-state index in [1.807, 2.05) is 6.08 Å². The summed E-state index contributed by atoms with van der Waals surface area (Å²) in [5.41, 5.74) is 15.9. The fraction of sp³-hybridized carbons (Fsp3) is 0.714. The van der Waals surface area contributed by atoms with Crippen LogP contribution in [0.2, 0.25) is 0 Å². The van der Waals surface area contributed by atoms with Gasteiger partial charge in [0.05, 0.1) is 0 Å². The molecule has 6 N–H and O–H groups in total. The molecule has 0 atom stereocenters. The summed E-state index contributed by atoms with van der Waals surface area (Å²) in [5.74, 6) is -1.13. The second-order valence-electron chi connectivity index (χ2n) is 2.54. The van der Waals surface area contributed by atoms with Gasteiger partial charge in [-0.15, -0.1) is 0 Å². The zero-order valence-electron chi connectivity index (χ0n) is 6.51. The van der Waals surface area contributed by atoms with Gasteiger partial charge in [-0.3, -0.25) is 17.2 Å². The van der Waals surface area contributed by atoms with Crippen LogP contribution in [0.1, 0.15) is 26.2 Å².